The highest BCUT2D eigenvalue weighted by Crippen LogP contribution is 2.13. The molecule has 1 aromatic carbocycles. The lowest BCUT2D eigenvalue weighted by atomic mass is 10.1. The van der Waals surface area contributed by atoms with Gasteiger partial charge in [0.05, 0.1) is 6.42 Å². The van der Waals surface area contributed by atoms with Crippen LogP contribution in [0.4, 0.5) is 4.39 Å². The maximum Gasteiger partial charge on any atom is 0.269 e. The molecule has 0 unspecified atom stereocenters. The number of primary amides is 1. The third-order valence-corrected chi connectivity index (χ3v) is 2.50. The van der Waals surface area contributed by atoms with Gasteiger partial charge in [-0.15, -0.1) is 0 Å². The average Bonchev–Trinajstić information content (AvgIpc) is 2.07. The predicted molar refractivity (Wildman–Crippen MR) is 54.6 cm³/mol. The van der Waals surface area contributed by atoms with Crippen LogP contribution in [0.3, 0.4) is 0 Å². The normalized spacial score (nSPS) is 11.4. The topological polar surface area (TPSA) is 97.5 Å². The van der Waals surface area contributed by atoms with Crippen molar-refractivity contribution in [2.24, 2.45) is 5.73 Å². The van der Waals surface area contributed by atoms with E-state index in [1.165, 1.54) is 12.1 Å². The fourth-order valence-electron chi connectivity index (χ4n) is 1.25. The van der Waals surface area contributed by atoms with Crippen molar-refractivity contribution in [3.8, 4) is 0 Å². The Morgan fingerprint density at radius 2 is 2.06 bits per heavy atom. The monoisotopic (exact) mass is 247 g/mol. The zero-order chi connectivity index (χ0) is 12.3. The van der Waals surface area contributed by atoms with Crippen LogP contribution in [0.5, 0.6) is 0 Å². The van der Waals surface area contributed by atoms with Gasteiger partial charge >= 0.3 is 0 Å². The van der Waals surface area contributed by atoms with Crippen molar-refractivity contribution in [1.82, 2.24) is 0 Å². The van der Waals surface area contributed by atoms with Crippen LogP contribution < -0.4 is 5.73 Å². The summed E-state index contributed by atoms with van der Waals surface area (Å²) in [5.41, 5.74) is 5.14. The smallest absolute Gasteiger partial charge is 0.269 e. The summed E-state index contributed by atoms with van der Waals surface area (Å²) in [4.78, 5) is 10.6. The molecule has 88 valence electrons. The summed E-state index contributed by atoms with van der Waals surface area (Å²) in [5, 5.41) is 0. The quantitative estimate of drug-likeness (QED) is 0.745. The summed E-state index contributed by atoms with van der Waals surface area (Å²) in [6.45, 7) is 0. The first-order chi connectivity index (χ1) is 7.28. The molecule has 0 aliphatic carbocycles. The van der Waals surface area contributed by atoms with E-state index in [-0.39, 0.29) is 12.0 Å². The molecule has 0 bridgehead atoms. The molecule has 1 amide bonds. The van der Waals surface area contributed by atoms with Crippen molar-refractivity contribution in [2.75, 3.05) is 0 Å². The van der Waals surface area contributed by atoms with E-state index in [2.05, 4.69) is 0 Å². The minimum absolute atomic E-state index is 0.112. The number of nitrogens with two attached hydrogens (primary N) is 1. The Hall–Kier alpha value is -1.47. The second kappa shape index (κ2) is 4.58. The van der Waals surface area contributed by atoms with Crippen LogP contribution in [0.1, 0.15) is 11.1 Å². The van der Waals surface area contributed by atoms with Gasteiger partial charge in [0.25, 0.3) is 10.1 Å². The van der Waals surface area contributed by atoms with Gasteiger partial charge in [-0.25, -0.2) is 4.39 Å². The Balaban J connectivity index is 3.04. The van der Waals surface area contributed by atoms with Crippen LogP contribution in [-0.2, 0) is 27.1 Å². The minimum atomic E-state index is -4.30. The van der Waals surface area contributed by atoms with Crippen LogP contribution in [0.2, 0.25) is 0 Å². The summed E-state index contributed by atoms with van der Waals surface area (Å²) >= 11 is 0. The Bertz CT molecular complexity index is 512. The first-order valence-electron chi connectivity index (χ1n) is 4.29. The molecule has 0 atom stereocenters. The van der Waals surface area contributed by atoms with Gasteiger partial charge in [-0.3, -0.25) is 9.35 Å². The predicted octanol–water partition coefficient (Wildman–Crippen LogP) is 0.241. The van der Waals surface area contributed by atoms with E-state index in [9.17, 15) is 17.6 Å². The fraction of sp³-hybridized carbons (Fsp3) is 0.222. The summed E-state index contributed by atoms with van der Waals surface area (Å²) < 4.78 is 42.9. The van der Waals surface area contributed by atoms with Gasteiger partial charge in [-0.2, -0.15) is 8.42 Å². The summed E-state index contributed by atoms with van der Waals surface area (Å²) in [5.74, 6) is -2.19. The van der Waals surface area contributed by atoms with Crippen LogP contribution in [-0.4, -0.2) is 18.9 Å². The third-order valence-electron chi connectivity index (χ3n) is 1.83. The van der Waals surface area contributed by atoms with E-state index in [1.54, 1.807) is 0 Å². The van der Waals surface area contributed by atoms with Gasteiger partial charge in [0.2, 0.25) is 5.91 Å². The fourth-order valence-corrected chi connectivity index (χ4v) is 1.86. The molecule has 16 heavy (non-hydrogen) atoms. The molecule has 0 heterocycles. The molecule has 0 saturated carbocycles. The molecule has 0 aromatic heterocycles. The lowest BCUT2D eigenvalue weighted by molar-refractivity contribution is -0.117. The van der Waals surface area contributed by atoms with Crippen molar-refractivity contribution >= 4 is 16.0 Å². The molecule has 0 saturated heterocycles. The summed E-state index contributed by atoms with van der Waals surface area (Å²) in [6.07, 6.45) is -0.112. The van der Waals surface area contributed by atoms with Gasteiger partial charge < -0.3 is 5.73 Å². The second-order valence-electron chi connectivity index (χ2n) is 3.30. The zero-order valence-electron chi connectivity index (χ0n) is 8.18. The van der Waals surface area contributed by atoms with Crippen molar-refractivity contribution < 1.29 is 22.2 Å². The number of hydrogen-bond acceptors (Lipinski definition) is 3. The Kier molecular flexibility index (Phi) is 3.61. The highest BCUT2D eigenvalue weighted by Gasteiger charge is 2.12. The van der Waals surface area contributed by atoms with E-state index < -0.39 is 27.6 Å². The van der Waals surface area contributed by atoms with Gasteiger partial charge in [-0.1, -0.05) is 12.1 Å². The minimum Gasteiger partial charge on any atom is -0.369 e. The highest BCUT2D eigenvalue weighted by molar-refractivity contribution is 7.85. The standard InChI is InChI=1S/C9H10FNO4S/c10-8-2-1-6(4-9(11)12)3-7(8)5-16(13,14)15/h1-3H,4-5H2,(H2,11,12)(H,13,14,15). The Morgan fingerprint density at radius 1 is 1.44 bits per heavy atom. The Morgan fingerprint density at radius 3 is 2.56 bits per heavy atom. The first kappa shape index (κ1) is 12.6. The number of benzene rings is 1. The van der Waals surface area contributed by atoms with E-state index in [1.807, 2.05) is 0 Å². The van der Waals surface area contributed by atoms with Crippen LogP contribution in [0.25, 0.3) is 0 Å². The number of rotatable bonds is 4. The number of hydrogen-bond donors (Lipinski definition) is 2. The molecule has 3 N–H and O–H groups in total. The van der Waals surface area contributed by atoms with E-state index in [0.717, 1.165) is 6.07 Å². The van der Waals surface area contributed by atoms with Gasteiger partial charge in [-0.05, 0) is 11.6 Å². The van der Waals surface area contributed by atoms with Crippen LogP contribution in [0, 0.1) is 5.82 Å². The van der Waals surface area contributed by atoms with Gasteiger partial charge in [0.1, 0.15) is 11.6 Å². The van der Waals surface area contributed by atoms with Gasteiger partial charge in [0, 0.05) is 5.56 Å². The first-order valence-corrected chi connectivity index (χ1v) is 5.89. The molecule has 7 heteroatoms. The molecule has 0 fully saturated rings. The largest absolute Gasteiger partial charge is 0.369 e. The molecule has 1 rings (SSSR count). The van der Waals surface area contributed by atoms with Crippen molar-refractivity contribution in [2.45, 2.75) is 12.2 Å². The zero-order valence-corrected chi connectivity index (χ0v) is 9.00. The summed E-state index contributed by atoms with van der Waals surface area (Å²) in [7, 11) is -4.30. The second-order valence-corrected chi connectivity index (χ2v) is 4.75. The Labute approximate surface area is 91.8 Å². The van der Waals surface area contributed by atoms with Crippen molar-refractivity contribution in [3.05, 3.63) is 35.1 Å². The number of carbonyl (C=O) groups excluding carboxylic acids is 1. The third kappa shape index (κ3) is 3.95. The van der Waals surface area contributed by atoms with E-state index in [0.29, 0.717) is 5.56 Å². The molecule has 0 spiro atoms. The van der Waals surface area contributed by atoms with Crippen LogP contribution >= 0.6 is 0 Å². The molecule has 0 aliphatic rings. The molecule has 5 nitrogen and oxygen atoms in total. The maximum atomic E-state index is 13.1. The van der Waals surface area contributed by atoms with Crippen molar-refractivity contribution in [1.29, 1.82) is 0 Å². The lowest BCUT2D eigenvalue weighted by Crippen LogP contribution is -2.14. The van der Waals surface area contributed by atoms with E-state index in [4.69, 9.17) is 10.3 Å². The van der Waals surface area contributed by atoms with Crippen molar-refractivity contribution in [3.63, 3.8) is 0 Å². The molecule has 0 radical (unpaired) electrons. The molecular formula is C9H10FNO4S. The van der Waals surface area contributed by atoms with Crippen LogP contribution in [0.15, 0.2) is 18.2 Å². The number of halogens is 1. The maximum absolute atomic E-state index is 13.1. The molecular weight excluding hydrogens is 237 g/mol. The average molecular weight is 247 g/mol. The lowest BCUT2D eigenvalue weighted by Gasteiger charge is -2.04. The highest BCUT2D eigenvalue weighted by atomic mass is 32.2. The van der Waals surface area contributed by atoms with E-state index >= 15 is 0 Å². The molecule has 1 aromatic rings. The number of amides is 1. The SMILES string of the molecule is NC(=O)Cc1ccc(F)c(CS(=O)(=O)O)c1. The van der Waals surface area contributed by atoms with Gasteiger partial charge in [0.15, 0.2) is 0 Å². The summed E-state index contributed by atoms with van der Waals surface area (Å²) in [6, 6.07) is 3.54. The molecule has 0 aliphatic heterocycles. The number of carbonyl (C=O) groups is 1.